The predicted octanol–water partition coefficient (Wildman–Crippen LogP) is 0.315. The number of hydrogen-bond acceptors (Lipinski definition) is 5. The van der Waals surface area contributed by atoms with E-state index in [1.165, 1.54) is 11.3 Å². The fourth-order valence-corrected chi connectivity index (χ4v) is 2.80. The summed E-state index contributed by atoms with van der Waals surface area (Å²) in [5.41, 5.74) is 0.677. The van der Waals surface area contributed by atoms with Crippen molar-refractivity contribution in [3.05, 3.63) is 21.9 Å². The summed E-state index contributed by atoms with van der Waals surface area (Å²) in [6.45, 7) is 1.23. The van der Waals surface area contributed by atoms with Crippen LogP contribution in [0.2, 0.25) is 0 Å². The van der Waals surface area contributed by atoms with Gasteiger partial charge < -0.3 is 19.8 Å². The van der Waals surface area contributed by atoms with Crippen molar-refractivity contribution < 1.29 is 19.7 Å². The first-order valence-corrected chi connectivity index (χ1v) is 7.32. The van der Waals surface area contributed by atoms with Crippen molar-refractivity contribution in [2.45, 2.75) is 12.5 Å². The van der Waals surface area contributed by atoms with Crippen molar-refractivity contribution in [2.24, 2.45) is 0 Å². The highest BCUT2D eigenvalue weighted by molar-refractivity contribution is 7.12. The minimum atomic E-state index is -0.295. The summed E-state index contributed by atoms with van der Waals surface area (Å²) in [4.78, 5) is 14.8. The van der Waals surface area contributed by atoms with Gasteiger partial charge in [-0.25, -0.2) is 0 Å². The highest BCUT2D eigenvalue weighted by Crippen LogP contribution is 2.20. The Bertz CT molecular complexity index is 517. The van der Waals surface area contributed by atoms with Gasteiger partial charge in [-0.2, -0.15) is 0 Å². The van der Waals surface area contributed by atoms with Crippen molar-refractivity contribution in [1.29, 1.82) is 0 Å². The van der Waals surface area contributed by atoms with Crippen molar-refractivity contribution in [3.8, 4) is 11.8 Å². The molecular formula is C14H17NO4S. The molecule has 0 aromatic carbocycles. The van der Waals surface area contributed by atoms with E-state index < -0.39 is 0 Å². The normalized spacial score (nSPS) is 18.5. The van der Waals surface area contributed by atoms with Crippen molar-refractivity contribution in [2.75, 3.05) is 33.0 Å². The van der Waals surface area contributed by atoms with Crippen LogP contribution in [0.1, 0.15) is 21.7 Å². The number of amides is 1. The Morgan fingerprint density at radius 1 is 1.55 bits per heavy atom. The third-order valence-corrected chi connectivity index (χ3v) is 3.92. The number of aliphatic hydroxyl groups excluding tert-OH is 2. The second-order valence-corrected chi connectivity index (χ2v) is 5.26. The maximum absolute atomic E-state index is 12.5. The molecule has 1 saturated heterocycles. The number of carbonyl (C=O) groups excluding carboxylic acids is 1. The Morgan fingerprint density at radius 3 is 3.15 bits per heavy atom. The standard InChI is InChI=1S/C14H17NO4S/c16-6-2-1-3-11-4-8-20-13(11)14(18)15-5-7-19-10-12(15)9-17/h4,8,12,16-17H,2,5-7,9-10H2. The minimum absolute atomic E-state index is 0.0104. The largest absolute Gasteiger partial charge is 0.395 e. The van der Waals surface area contributed by atoms with Gasteiger partial charge in [0.2, 0.25) is 0 Å². The molecule has 1 aliphatic heterocycles. The van der Waals surface area contributed by atoms with Crippen molar-refractivity contribution in [3.63, 3.8) is 0 Å². The van der Waals surface area contributed by atoms with E-state index in [4.69, 9.17) is 9.84 Å². The third-order valence-electron chi connectivity index (χ3n) is 3.02. The summed E-state index contributed by atoms with van der Waals surface area (Å²) in [6.07, 6.45) is 0.389. The molecule has 0 saturated carbocycles. The fraction of sp³-hybridized carbons (Fsp3) is 0.500. The summed E-state index contributed by atoms with van der Waals surface area (Å²) >= 11 is 1.34. The van der Waals surface area contributed by atoms with E-state index in [0.717, 1.165) is 0 Å². The average molecular weight is 295 g/mol. The summed E-state index contributed by atoms with van der Waals surface area (Å²) in [5, 5.41) is 19.9. The third kappa shape index (κ3) is 3.38. The molecule has 5 nitrogen and oxygen atoms in total. The van der Waals surface area contributed by atoms with Crippen LogP contribution in [0.25, 0.3) is 0 Å². The highest BCUT2D eigenvalue weighted by atomic mass is 32.1. The van der Waals surface area contributed by atoms with Crippen LogP contribution in [0.15, 0.2) is 11.4 Å². The molecule has 1 aliphatic rings. The molecule has 1 aromatic rings. The number of thiophene rings is 1. The van der Waals surface area contributed by atoms with Crippen LogP contribution in [-0.2, 0) is 4.74 Å². The van der Waals surface area contributed by atoms with E-state index in [0.29, 0.717) is 36.6 Å². The lowest BCUT2D eigenvalue weighted by atomic mass is 10.2. The second kappa shape index (κ2) is 7.41. The average Bonchev–Trinajstić information content (AvgIpc) is 2.95. The first-order valence-electron chi connectivity index (χ1n) is 6.44. The Balaban J connectivity index is 2.17. The van der Waals surface area contributed by atoms with Crippen LogP contribution >= 0.6 is 11.3 Å². The van der Waals surface area contributed by atoms with Gasteiger partial charge in [0.1, 0.15) is 4.88 Å². The number of ether oxygens (including phenoxy) is 1. The van der Waals surface area contributed by atoms with Gasteiger partial charge >= 0.3 is 0 Å². The smallest absolute Gasteiger partial charge is 0.265 e. The molecule has 2 N–H and O–H groups in total. The molecule has 0 aliphatic carbocycles. The van der Waals surface area contributed by atoms with Gasteiger partial charge in [0.25, 0.3) is 5.91 Å². The molecular weight excluding hydrogens is 278 g/mol. The molecule has 20 heavy (non-hydrogen) atoms. The quantitative estimate of drug-likeness (QED) is 0.788. The van der Waals surface area contributed by atoms with Gasteiger partial charge in [-0.3, -0.25) is 4.79 Å². The highest BCUT2D eigenvalue weighted by Gasteiger charge is 2.29. The molecule has 1 aromatic heterocycles. The lowest BCUT2D eigenvalue weighted by Crippen LogP contribution is -2.50. The Hall–Kier alpha value is -1.39. The van der Waals surface area contributed by atoms with Crippen LogP contribution in [0.4, 0.5) is 0 Å². The van der Waals surface area contributed by atoms with E-state index in [9.17, 15) is 9.90 Å². The molecule has 6 heteroatoms. The van der Waals surface area contributed by atoms with Crippen molar-refractivity contribution >= 4 is 17.2 Å². The summed E-state index contributed by atoms with van der Waals surface area (Å²) in [5.74, 6) is 5.61. The predicted molar refractivity (Wildman–Crippen MR) is 75.6 cm³/mol. The Kier molecular flexibility index (Phi) is 5.56. The number of nitrogens with zero attached hydrogens (tertiary/aromatic N) is 1. The van der Waals surface area contributed by atoms with Crippen LogP contribution in [0.3, 0.4) is 0 Å². The maximum atomic E-state index is 12.5. The molecule has 1 atom stereocenters. The van der Waals surface area contributed by atoms with E-state index in [1.54, 1.807) is 11.0 Å². The monoisotopic (exact) mass is 295 g/mol. The Morgan fingerprint density at radius 2 is 2.40 bits per heavy atom. The van der Waals surface area contributed by atoms with E-state index in [1.807, 2.05) is 5.38 Å². The van der Waals surface area contributed by atoms with Crippen LogP contribution in [0, 0.1) is 11.8 Å². The van der Waals surface area contributed by atoms with E-state index in [2.05, 4.69) is 11.8 Å². The molecule has 0 spiro atoms. The van der Waals surface area contributed by atoms with Gasteiger partial charge in [-0.05, 0) is 11.4 Å². The maximum Gasteiger partial charge on any atom is 0.265 e. The molecule has 2 rings (SSSR count). The summed E-state index contributed by atoms with van der Waals surface area (Å²) in [6, 6.07) is 1.51. The summed E-state index contributed by atoms with van der Waals surface area (Å²) in [7, 11) is 0. The van der Waals surface area contributed by atoms with Crippen LogP contribution < -0.4 is 0 Å². The molecule has 1 amide bonds. The molecule has 2 heterocycles. The number of carbonyl (C=O) groups is 1. The summed E-state index contributed by atoms with van der Waals surface area (Å²) < 4.78 is 5.27. The minimum Gasteiger partial charge on any atom is -0.395 e. The number of hydrogen-bond donors (Lipinski definition) is 2. The van der Waals surface area contributed by atoms with Gasteiger partial charge in [0, 0.05) is 18.5 Å². The van der Waals surface area contributed by atoms with E-state index in [-0.39, 0.29) is 25.2 Å². The Labute approximate surface area is 121 Å². The lowest BCUT2D eigenvalue weighted by Gasteiger charge is -2.34. The van der Waals surface area contributed by atoms with Crippen molar-refractivity contribution in [1.82, 2.24) is 4.90 Å². The molecule has 1 fully saturated rings. The second-order valence-electron chi connectivity index (χ2n) is 4.35. The zero-order valence-corrected chi connectivity index (χ0v) is 11.9. The topological polar surface area (TPSA) is 70.0 Å². The van der Waals surface area contributed by atoms with E-state index >= 15 is 0 Å². The lowest BCUT2D eigenvalue weighted by molar-refractivity contribution is -0.0181. The fourth-order valence-electron chi connectivity index (χ4n) is 1.99. The SMILES string of the molecule is O=C(c1sccc1C#CCCO)N1CCOCC1CO. The molecule has 0 bridgehead atoms. The molecule has 1 unspecified atom stereocenters. The first kappa shape index (κ1) is 15.0. The molecule has 0 radical (unpaired) electrons. The molecule has 108 valence electrons. The zero-order chi connectivity index (χ0) is 14.4. The van der Waals surface area contributed by atoms with Crippen LogP contribution in [0.5, 0.6) is 0 Å². The van der Waals surface area contributed by atoms with Gasteiger partial charge in [0.15, 0.2) is 0 Å². The zero-order valence-electron chi connectivity index (χ0n) is 11.0. The van der Waals surface area contributed by atoms with Gasteiger partial charge in [0.05, 0.1) is 32.5 Å². The van der Waals surface area contributed by atoms with Crippen LogP contribution in [-0.4, -0.2) is 60.0 Å². The number of aliphatic hydroxyl groups is 2. The van der Waals surface area contributed by atoms with Gasteiger partial charge in [-0.15, -0.1) is 11.3 Å². The first-order chi connectivity index (χ1) is 9.77. The number of morpholine rings is 1. The number of rotatable bonds is 3. The van der Waals surface area contributed by atoms with Gasteiger partial charge in [-0.1, -0.05) is 11.8 Å².